The molecule has 0 bridgehead atoms. The van der Waals surface area contributed by atoms with Crippen molar-refractivity contribution >= 4 is 0 Å². The summed E-state index contributed by atoms with van der Waals surface area (Å²) in [5, 5.41) is 17.5. The third-order valence-electron chi connectivity index (χ3n) is 1.92. The van der Waals surface area contributed by atoms with E-state index in [1.54, 1.807) is 6.07 Å². The summed E-state index contributed by atoms with van der Waals surface area (Å²) in [5.74, 6) is 0. The second-order valence-corrected chi connectivity index (χ2v) is 2.80. The summed E-state index contributed by atoms with van der Waals surface area (Å²) in [5.41, 5.74) is 4.85. The Bertz CT molecular complexity index is 401. The van der Waals surface area contributed by atoms with Gasteiger partial charge in [-0.3, -0.25) is 0 Å². The predicted molar refractivity (Wildman–Crippen MR) is 47.7 cm³/mol. The molecule has 80 valence electrons. The second-order valence-electron chi connectivity index (χ2n) is 2.80. The topological polar surface area (TPSA) is 82.9 Å². The molecule has 1 aromatic heterocycles. The summed E-state index contributed by atoms with van der Waals surface area (Å²) in [6.45, 7) is -0.666. The molecule has 1 heterocycles. The molecule has 0 aromatic carbocycles. The molecule has 0 amide bonds. The number of nitrogens with two attached hydrogens (primary N) is 1. The quantitative estimate of drug-likeness (QED) is 0.779. The van der Waals surface area contributed by atoms with Crippen LogP contribution < -0.4 is 5.73 Å². The lowest BCUT2D eigenvalue weighted by molar-refractivity contribution is 0.149. The smallest absolute Gasteiger partial charge is 0.264 e. The van der Waals surface area contributed by atoms with Crippen LogP contribution in [0.3, 0.4) is 0 Å². The van der Waals surface area contributed by atoms with E-state index in [1.807, 2.05) is 0 Å². The van der Waals surface area contributed by atoms with Crippen LogP contribution in [0.2, 0.25) is 0 Å². The van der Waals surface area contributed by atoms with E-state index >= 15 is 0 Å². The lowest BCUT2D eigenvalue weighted by Crippen LogP contribution is -2.09. The molecule has 1 rings (SSSR count). The molecule has 1 aromatic rings. The van der Waals surface area contributed by atoms with Crippen LogP contribution in [0.5, 0.6) is 0 Å². The van der Waals surface area contributed by atoms with E-state index in [0.29, 0.717) is 0 Å². The van der Waals surface area contributed by atoms with Gasteiger partial charge in [0.25, 0.3) is 6.43 Å². The molecule has 0 unspecified atom stereocenters. The standard InChI is InChI=1S/C9H9F2N3O/c10-9(11)6-1-5(4-15)14-8(3-13)7(6)2-12/h1,9,15H,2,4,12H2. The van der Waals surface area contributed by atoms with Crippen molar-refractivity contribution in [2.75, 3.05) is 0 Å². The molecule has 6 heteroatoms. The number of aliphatic hydroxyl groups is 1. The van der Waals surface area contributed by atoms with Gasteiger partial charge < -0.3 is 10.8 Å². The molecule has 0 spiro atoms. The van der Waals surface area contributed by atoms with E-state index in [1.165, 1.54) is 0 Å². The Hall–Kier alpha value is -1.58. The highest BCUT2D eigenvalue weighted by Crippen LogP contribution is 2.25. The molecule has 4 nitrogen and oxygen atoms in total. The monoisotopic (exact) mass is 213 g/mol. The minimum absolute atomic E-state index is 0.0321. The lowest BCUT2D eigenvalue weighted by atomic mass is 10.1. The molecule has 0 atom stereocenters. The van der Waals surface area contributed by atoms with Crippen LogP contribution in [0.4, 0.5) is 8.78 Å². The predicted octanol–water partition coefficient (Wildman–Crippen LogP) is 0.842. The third-order valence-corrected chi connectivity index (χ3v) is 1.92. The number of halogens is 2. The SMILES string of the molecule is N#Cc1nc(CO)cc(C(F)F)c1CN. The second kappa shape index (κ2) is 4.77. The molecular formula is C9H9F2N3O. The van der Waals surface area contributed by atoms with Gasteiger partial charge in [-0.15, -0.1) is 0 Å². The van der Waals surface area contributed by atoms with Crippen molar-refractivity contribution in [1.29, 1.82) is 5.26 Å². The number of nitriles is 1. The fourth-order valence-corrected chi connectivity index (χ4v) is 1.23. The minimum Gasteiger partial charge on any atom is -0.390 e. The van der Waals surface area contributed by atoms with Gasteiger partial charge in [-0.05, 0) is 6.07 Å². The van der Waals surface area contributed by atoms with Crippen molar-refractivity contribution in [3.8, 4) is 6.07 Å². The fraction of sp³-hybridized carbons (Fsp3) is 0.333. The van der Waals surface area contributed by atoms with Gasteiger partial charge in [0.2, 0.25) is 0 Å². The summed E-state index contributed by atoms with van der Waals surface area (Å²) < 4.78 is 25.1. The summed E-state index contributed by atoms with van der Waals surface area (Å²) in [6, 6.07) is 2.74. The van der Waals surface area contributed by atoms with Crippen molar-refractivity contribution in [2.24, 2.45) is 5.73 Å². The molecule has 0 radical (unpaired) electrons. The first-order chi connectivity index (χ1) is 7.13. The van der Waals surface area contributed by atoms with E-state index in [2.05, 4.69) is 4.98 Å². The zero-order valence-electron chi connectivity index (χ0n) is 7.74. The van der Waals surface area contributed by atoms with Gasteiger partial charge in [0, 0.05) is 17.7 Å². The molecule has 0 aliphatic rings. The molecule has 0 saturated heterocycles. The zero-order chi connectivity index (χ0) is 11.4. The van der Waals surface area contributed by atoms with Crippen LogP contribution >= 0.6 is 0 Å². The molecule has 0 saturated carbocycles. The van der Waals surface area contributed by atoms with Crippen LogP contribution in [-0.4, -0.2) is 10.1 Å². The molecule has 0 fully saturated rings. The first-order valence-electron chi connectivity index (χ1n) is 4.15. The van der Waals surface area contributed by atoms with Crippen LogP contribution in [-0.2, 0) is 13.2 Å². The minimum atomic E-state index is -2.73. The Morgan fingerprint density at radius 3 is 2.67 bits per heavy atom. The number of aromatic nitrogens is 1. The highest BCUT2D eigenvalue weighted by molar-refractivity contribution is 5.40. The van der Waals surface area contributed by atoms with E-state index in [0.717, 1.165) is 6.07 Å². The Morgan fingerprint density at radius 1 is 1.60 bits per heavy atom. The Labute approximate surface area is 85.0 Å². The van der Waals surface area contributed by atoms with Crippen LogP contribution in [0.1, 0.15) is 28.9 Å². The highest BCUT2D eigenvalue weighted by atomic mass is 19.3. The average Bonchev–Trinajstić information content (AvgIpc) is 2.26. The number of hydrogen-bond donors (Lipinski definition) is 2. The van der Waals surface area contributed by atoms with Crippen LogP contribution in [0.25, 0.3) is 0 Å². The van der Waals surface area contributed by atoms with Gasteiger partial charge in [0.05, 0.1) is 12.3 Å². The first-order valence-corrected chi connectivity index (χ1v) is 4.15. The van der Waals surface area contributed by atoms with E-state index < -0.39 is 13.0 Å². The van der Waals surface area contributed by atoms with Crippen molar-refractivity contribution in [3.05, 3.63) is 28.6 Å². The largest absolute Gasteiger partial charge is 0.390 e. The highest BCUT2D eigenvalue weighted by Gasteiger charge is 2.17. The lowest BCUT2D eigenvalue weighted by Gasteiger charge is -2.09. The Balaban J connectivity index is 3.41. The third kappa shape index (κ3) is 2.26. The normalized spacial score (nSPS) is 10.4. The van der Waals surface area contributed by atoms with Crippen LogP contribution in [0.15, 0.2) is 6.07 Å². The van der Waals surface area contributed by atoms with E-state index in [4.69, 9.17) is 16.1 Å². The summed E-state index contributed by atoms with van der Waals surface area (Å²) in [7, 11) is 0. The maximum atomic E-state index is 12.6. The fourth-order valence-electron chi connectivity index (χ4n) is 1.23. The van der Waals surface area contributed by atoms with Crippen molar-refractivity contribution in [2.45, 2.75) is 19.6 Å². The molecule has 0 aliphatic carbocycles. The first kappa shape index (κ1) is 11.5. The van der Waals surface area contributed by atoms with E-state index in [-0.39, 0.29) is 29.1 Å². The van der Waals surface area contributed by atoms with Gasteiger partial charge in [-0.2, -0.15) is 5.26 Å². The number of pyridine rings is 1. The summed E-state index contributed by atoms with van der Waals surface area (Å²) in [6.07, 6.45) is -2.73. The average molecular weight is 213 g/mol. The van der Waals surface area contributed by atoms with Crippen molar-refractivity contribution in [1.82, 2.24) is 4.98 Å². The van der Waals surface area contributed by atoms with Crippen LogP contribution in [0, 0.1) is 11.3 Å². The molecule has 15 heavy (non-hydrogen) atoms. The number of rotatable bonds is 3. The van der Waals surface area contributed by atoms with Gasteiger partial charge in [0.15, 0.2) is 0 Å². The van der Waals surface area contributed by atoms with Gasteiger partial charge in [-0.25, -0.2) is 13.8 Å². The van der Waals surface area contributed by atoms with Crippen molar-refractivity contribution in [3.63, 3.8) is 0 Å². The number of hydrogen-bond acceptors (Lipinski definition) is 4. The Morgan fingerprint density at radius 2 is 2.27 bits per heavy atom. The molecule has 3 N–H and O–H groups in total. The summed E-state index contributed by atoms with van der Waals surface area (Å²) >= 11 is 0. The number of alkyl halides is 2. The number of nitrogens with zero attached hydrogens (tertiary/aromatic N) is 2. The van der Waals surface area contributed by atoms with Gasteiger partial charge in [0.1, 0.15) is 11.8 Å². The van der Waals surface area contributed by atoms with Gasteiger partial charge >= 0.3 is 0 Å². The Kier molecular flexibility index (Phi) is 3.66. The zero-order valence-corrected chi connectivity index (χ0v) is 7.74. The van der Waals surface area contributed by atoms with Gasteiger partial charge in [-0.1, -0.05) is 0 Å². The number of aliphatic hydroxyl groups excluding tert-OH is 1. The summed E-state index contributed by atoms with van der Waals surface area (Å²) in [4.78, 5) is 3.70. The maximum absolute atomic E-state index is 12.6. The van der Waals surface area contributed by atoms with E-state index in [9.17, 15) is 8.78 Å². The maximum Gasteiger partial charge on any atom is 0.264 e. The molecular weight excluding hydrogens is 204 g/mol. The van der Waals surface area contributed by atoms with Crippen molar-refractivity contribution < 1.29 is 13.9 Å². The molecule has 0 aliphatic heterocycles.